The van der Waals surface area contributed by atoms with Gasteiger partial charge in [-0.05, 0) is 36.6 Å². The van der Waals surface area contributed by atoms with Gasteiger partial charge in [-0.1, -0.05) is 49.4 Å². The molecule has 2 aromatic carbocycles. The molecule has 15 heteroatoms. The lowest BCUT2D eigenvalue weighted by molar-refractivity contribution is -0.274. The quantitative estimate of drug-likeness (QED) is 0.0736. The first-order valence-corrected chi connectivity index (χ1v) is 16.4. The Morgan fingerprint density at radius 3 is 2.46 bits per heavy atom. The smallest absolute Gasteiger partial charge is 0.305 e. The maximum atomic E-state index is 14.0. The van der Waals surface area contributed by atoms with Crippen LogP contribution in [0.1, 0.15) is 43.7 Å². The van der Waals surface area contributed by atoms with Crippen molar-refractivity contribution in [2.75, 3.05) is 37.0 Å². The summed E-state index contributed by atoms with van der Waals surface area (Å²) in [5.41, 5.74) is -0.680. The molecular weight excluding hydrogens is 654 g/mol. The van der Waals surface area contributed by atoms with Gasteiger partial charge < -0.3 is 55.2 Å². The first-order chi connectivity index (χ1) is 23.8. The average molecular weight is 700 g/mol. The average Bonchev–Trinajstić information content (AvgIpc) is 3.32. The fourth-order valence-corrected chi connectivity index (χ4v) is 6.04. The number of nitrogens with one attached hydrogen (secondary N) is 1. The van der Waals surface area contributed by atoms with Crippen LogP contribution in [0, 0.1) is 5.92 Å². The second-order valence-corrected chi connectivity index (χ2v) is 12.3. The number of nitrogens with zero attached hydrogens (tertiary/aromatic N) is 2. The van der Waals surface area contributed by atoms with Gasteiger partial charge in [-0.15, -0.1) is 0 Å². The minimum absolute atomic E-state index is 0.0717. The topological polar surface area (TPSA) is 227 Å². The SMILES string of the molecule is COC(=O)CCCCN1C(=O)[C@](O)([C@H](C)/C=C/CC(=O)N(CCO)Cc2ccccc2)c2cc(NC(=O)[C@H]3O[C@@H](O)[C@H](O)[C@@H](O)[C@@H]3O)ccc21. The van der Waals surface area contributed by atoms with E-state index in [1.165, 1.54) is 35.1 Å². The van der Waals surface area contributed by atoms with Crippen molar-refractivity contribution in [1.82, 2.24) is 4.90 Å². The molecule has 2 aliphatic rings. The van der Waals surface area contributed by atoms with Crippen LogP contribution in [0.15, 0.2) is 60.7 Å². The van der Waals surface area contributed by atoms with Crippen molar-refractivity contribution in [2.24, 2.45) is 5.92 Å². The lowest BCUT2D eigenvalue weighted by atomic mass is 9.82. The molecule has 0 saturated carbocycles. The number of carbonyl (C=O) groups excluding carboxylic acids is 4. The molecule has 0 aromatic heterocycles. The van der Waals surface area contributed by atoms with Gasteiger partial charge in [0.1, 0.15) is 18.3 Å². The van der Waals surface area contributed by atoms with Crippen molar-refractivity contribution in [1.29, 1.82) is 0 Å². The number of aliphatic hydroxyl groups excluding tert-OH is 5. The fourth-order valence-electron chi connectivity index (χ4n) is 6.04. The van der Waals surface area contributed by atoms with E-state index in [0.29, 0.717) is 25.1 Å². The number of anilines is 2. The molecule has 3 amide bonds. The second kappa shape index (κ2) is 17.1. The molecule has 2 aliphatic heterocycles. The number of rotatable bonds is 15. The summed E-state index contributed by atoms with van der Waals surface area (Å²) in [6.45, 7) is 1.94. The number of unbranched alkanes of at least 4 members (excludes halogenated alkanes) is 1. The highest BCUT2D eigenvalue weighted by molar-refractivity contribution is 6.08. The summed E-state index contributed by atoms with van der Waals surface area (Å²) in [7, 11) is 1.28. The van der Waals surface area contributed by atoms with Gasteiger partial charge in [0.25, 0.3) is 11.8 Å². The van der Waals surface area contributed by atoms with Crippen LogP contribution in [0.4, 0.5) is 11.4 Å². The summed E-state index contributed by atoms with van der Waals surface area (Å²) >= 11 is 0. The summed E-state index contributed by atoms with van der Waals surface area (Å²) in [5.74, 6) is -3.18. The van der Waals surface area contributed by atoms with E-state index in [0.717, 1.165) is 5.56 Å². The Hall–Kier alpha value is -4.22. The molecule has 0 aliphatic carbocycles. The maximum Gasteiger partial charge on any atom is 0.305 e. The van der Waals surface area contributed by atoms with Gasteiger partial charge in [-0.25, -0.2) is 0 Å². The van der Waals surface area contributed by atoms with Gasteiger partial charge in [0.15, 0.2) is 18.0 Å². The largest absolute Gasteiger partial charge is 0.469 e. The lowest BCUT2D eigenvalue weighted by Crippen LogP contribution is -2.60. The number of hydrogen-bond donors (Lipinski definition) is 7. The van der Waals surface area contributed by atoms with E-state index in [2.05, 4.69) is 10.1 Å². The standard InChI is InChI=1S/C35H45N3O12/c1-21(9-8-12-26(40)37(17-18-39)20-22-10-4-3-5-11-22)35(48)24-19-23(36-32(45)31-29(43)28(42)30(44)33(46)50-31)14-15-25(24)38(34(35)47)16-7-6-13-27(41)49-2/h3-5,8-11,14-15,19,21,28-31,33,39,42-44,46,48H,6-7,12-13,16-18,20H2,1-2H3,(H,36,45)/b9-8+/t21-,28+,29+,30-,31+,33-,35+/m1/s1. The third-order valence-corrected chi connectivity index (χ3v) is 8.94. The predicted molar refractivity (Wildman–Crippen MR) is 178 cm³/mol. The third-order valence-electron chi connectivity index (χ3n) is 8.94. The van der Waals surface area contributed by atoms with E-state index in [4.69, 9.17) is 4.74 Å². The molecule has 15 nitrogen and oxygen atoms in total. The number of benzene rings is 2. The van der Waals surface area contributed by atoms with Gasteiger partial charge in [0.2, 0.25) is 5.91 Å². The van der Waals surface area contributed by atoms with Crippen LogP contribution in [-0.2, 0) is 40.8 Å². The van der Waals surface area contributed by atoms with E-state index in [1.807, 2.05) is 30.3 Å². The number of ether oxygens (including phenoxy) is 2. The zero-order valence-corrected chi connectivity index (χ0v) is 27.9. The van der Waals surface area contributed by atoms with Crippen molar-refractivity contribution in [3.8, 4) is 0 Å². The number of methoxy groups -OCH3 is 1. The Morgan fingerprint density at radius 2 is 1.78 bits per heavy atom. The summed E-state index contributed by atoms with van der Waals surface area (Å²) in [6, 6.07) is 13.6. The molecule has 1 fully saturated rings. The van der Waals surface area contributed by atoms with Gasteiger partial charge >= 0.3 is 5.97 Å². The molecule has 7 N–H and O–H groups in total. The minimum Gasteiger partial charge on any atom is -0.469 e. The van der Waals surface area contributed by atoms with Crippen LogP contribution < -0.4 is 10.2 Å². The lowest BCUT2D eigenvalue weighted by Gasteiger charge is -2.37. The third kappa shape index (κ3) is 8.55. The van der Waals surface area contributed by atoms with Crippen molar-refractivity contribution in [3.63, 3.8) is 0 Å². The summed E-state index contributed by atoms with van der Waals surface area (Å²) < 4.78 is 9.70. The molecule has 1 saturated heterocycles. The highest BCUT2D eigenvalue weighted by Crippen LogP contribution is 2.46. The van der Waals surface area contributed by atoms with Crippen LogP contribution in [0.25, 0.3) is 0 Å². The number of hydrogen-bond acceptors (Lipinski definition) is 12. The molecule has 0 spiro atoms. The minimum atomic E-state index is -2.15. The van der Waals surface area contributed by atoms with Gasteiger partial charge in [-0.3, -0.25) is 19.2 Å². The number of aliphatic hydroxyl groups is 6. The molecular formula is C35H45N3O12. The first-order valence-electron chi connectivity index (χ1n) is 16.4. The number of carbonyl (C=O) groups is 4. The Bertz CT molecular complexity index is 1540. The van der Waals surface area contributed by atoms with Crippen LogP contribution in [-0.4, -0.2) is 117 Å². The van der Waals surface area contributed by atoms with E-state index in [9.17, 15) is 49.8 Å². The van der Waals surface area contributed by atoms with Crippen LogP contribution in [0.3, 0.4) is 0 Å². The van der Waals surface area contributed by atoms with Crippen LogP contribution in [0.2, 0.25) is 0 Å². The molecule has 2 heterocycles. The predicted octanol–water partition coefficient (Wildman–Crippen LogP) is -0.0940. The summed E-state index contributed by atoms with van der Waals surface area (Å²) in [6.07, 6.45) is -5.27. The fraction of sp³-hybridized carbons (Fsp3) is 0.486. The summed E-state index contributed by atoms with van der Waals surface area (Å²) in [4.78, 5) is 54.6. The van der Waals surface area contributed by atoms with Crippen LogP contribution in [0.5, 0.6) is 0 Å². The van der Waals surface area contributed by atoms with Gasteiger partial charge in [-0.2, -0.15) is 0 Å². The molecule has 50 heavy (non-hydrogen) atoms. The zero-order chi connectivity index (χ0) is 36.6. The van der Waals surface area contributed by atoms with Gasteiger partial charge in [0, 0.05) is 49.6 Å². The maximum absolute atomic E-state index is 14.0. The molecule has 2 aromatic rings. The highest BCUT2D eigenvalue weighted by atomic mass is 16.6. The molecule has 4 rings (SSSR count). The Balaban J connectivity index is 1.56. The van der Waals surface area contributed by atoms with Gasteiger partial charge in [0.05, 0.1) is 19.4 Å². The van der Waals surface area contributed by atoms with Crippen LogP contribution >= 0.6 is 0 Å². The Kier molecular flexibility index (Phi) is 13.2. The van der Waals surface area contributed by atoms with E-state index in [1.54, 1.807) is 19.1 Å². The summed E-state index contributed by atoms with van der Waals surface area (Å²) in [5, 5.41) is 64.1. The Morgan fingerprint density at radius 1 is 1.06 bits per heavy atom. The highest BCUT2D eigenvalue weighted by Gasteiger charge is 2.53. The second-order valence-electron chi connectivity index (χ2n) is 12.3. The molecule has 7 atom stereocenters. The molecule has 0 radical (unpaired) electrons. The van der Waals surface area contributed by atoms with E-state index < -0.39 is 60.0 Å². The Labute approximate surface area is 289 Å². The van der Waals surface area contributed by atoms with E-state index in [-0.39, 0.29) is 49.7 Å². The van der Waals surface area contributed by atoms with Crippen molar-refractivity contribution in [3.05, 3.63) is 71.8 Å². The molecule has 272 valence electrons. The van der Waals surface area contributed by atoms with Crippen molar-refractivity contribution in [2.45, 2.75) is 75.5 Å². The normalized spacial score (nSPS) is 25.3. The molecule has 0 unspecified atom stereocenters. The molecule has 0 bridgehead atoms. The van der Waals surface area contributed by atoms with E-state index >= 15 is 0 Å². The zero-order valence-electron chi connectivity index (χ0n) is 27.9. The number of fused-ring (bicyclic) bond motifs is 1. The number of esters is 1. The van der Waals surface area contributed by atoms with Crippen molar-refractivity contribution >= 4 is 35.1 Å². The number of amides is 3. The van der Waals surface area contributed by atoms with Crippen molar-refractivity contribution < 1.29 is 59.3 Å². The first kappa shape index (κ1) is 38.6. The monoisotopic (exact) mass is 699 g/mol.